The SMILES string of the molecule is CCC(C(=O)CC(=O)O)S(=O)(=O)c1ccccc1. The lowest BCUT2D eigenvalue weighted by Crippen LogP contribution is -2.31. The second-order valence-corrected chi connectivity index (χ2v) is 5.92. The van der Waals surface area contributed by atoms with Gasteiger partial charge in [0, 0.05) is 0 Å². The van der Waals surface area contributed by atoms with Crippen molar-refractivity contribution in [3.63, 3.8) is 0 Å². The van der Waals surface area contributed by atoms with Gasteiger partial charge < -0.3 is 5.11 Å². The number of carboxylic acid groups (broad SMARTS) is 1. The molecule has 0 fully saturated rings. The maximum Gasteiger partial charge on any atom is 0.310 e. The van der Waals surface area contributed by atoms with Gasteiger partial charge in [0.25, 0.3) is 0 Å². The molecule has 0 spiro atoms. The van der Waals surface area contributed by atoms with E-state index >= 15 is 0 Å². The molecule has 1 aromatic rings. The van der Waals surface area contributed by atoms with Gasteiger partial charge in [0.05, 0.1) is 4.90 Å². The highest BCUT2D eigenvalue weighted by Gasteiger charge is 2.32. The van der Waals surface area contributed by atoms with Crippen molar-refractivity contribution in [3.05, 3.63) is 30.3 Å². The third kappa shape index (κ3) is 3.16. The summed E-state index contributed by atoms with van der Waals surface area (Å²) in [5, 5.41) is 7.25. The zero-order valence-electron chi connectivity index (χ0n) is 9.87. The first-order valence-electron chi connectivity index (χ1n) is 5.43. The Kier molecular flexibility index (Phi) is 4.61. The lowest BCUT2D eigenvalue weighted by atomic mass is 10.2. The first-order valence-corrected chi connectivity index (χ1v) is 6.97. The average Bonchev–Trinajstić information content (AvgIpc) is 2.29. The predicted molar refractivity (Wildman–Crippen MR) is 65.0 cm³/mol. The van der Waals surface area contributed by atoms with Gasteiger partial charge in [-0.15, -0.1) is 0 Å². The lowest BCUT2D eigenvalue weighted by molar-refractivity contribution is -0.140. The van der Waals surface area contributed by atoms with Crippen molar-refractivity contribution in [3.8, 4) is 0 Å². The van der Waals surface area contributed by atoms with Crippen LogP contribution in [0, 0.1) is 0 Å². The zero-order chi connectivity index (χ0) is 13.8. The van der Waals surface area contributed by atoms with Crippen molar-refractivity contribution in [1.82, 2.24) is 0 Å². The van der Waals surface area contributed by atoms with Crippen LogP contribution in [-0.2, 0) is 19.4 Å². The quantitative estimate of drug-likeness (QED) is 0.787. The number of sulfone groups is 1. The van der Waals surface area contributed by atoms with Crippen LogP contribution in [0.25, 0.3) is 0 Å². The van der Waals surface area contributed by atoms with Crippen molar-refractivity contribution >= 4 is 21.6 Å². The number of ketones is 1. The van der Waals surface area contributed by atoms with Crippen LogP contribution in [0.15, 0.2) is 35.2 Å². The van der Waals surface area contributed by atoms with Crippen LogP contribution in [0.5, 0.6) is 0 Å². The van der Waals surface area contributed by atoms with E-state index in [9.17, 15) is 18.0 Å². The largest absolute Gasteiger partial charge is 0.481 e. The molecule has 0 aromatic heterocycles. The smallest absolute Gasteiger partial charge is 0.310 e. The number of hydrogen-bond acceptors (Lipinski definition) is 4. The van der Waals surface area contributed by atoms with Crippen LogP contribution in [-0.4, -0.2) is 30.5 Å². The number of carboxylic acids is 1. The molecule has 0 aliphatic heterocycles. The minimum atomic E-state index is -3.81. The summed E-state index contributed by atoms with van der Waals surface area (Å²) < 4.78 is 24.3. The van der Waals surface area contributed by atoms with Crippen LogP contribution in [0.2, 0.25) is 0 Å². The highest BCUT2D eigenvalue weighted by molar-refractivity contribution is 7.92. The van der Waals surface area contributed by atoms with Gasteiger partial charge >= 0.3 is 5.97 Å². The number of benzene rings is 1. The first kappa shape index (κ1) is 14.4. The number of hydrogen-bond donors (Lipinski definition) is 1. The minimum absolute atomic E-state index is 0.0376. The third-order valence-corrected chi connectivity index (χ3v) is 4.78. The Morgan fingerprint density at radius 1 is 1.22 bits per heavy atom. The van der Waals surface area contributed by atoms with E-state index in [0.717, 1.165) is 0 Å². The summed E-state index contributed by atoms with van der Waals surface area (Å²) in [6.45, 7) is 1.55. The molecule has 1 aromatic carbocycles. The number of rotatable bonds is 6. The lowest BCUT2D eigenvalue weighted by Gasteiger charge is -2.13. The molecule has 0 aliphatic rings. The molecule has 0 saturated carbocycles. The van der Waals surface area contributed by atoms with Crippen LogP contribution in [0.4, 0.5) is 0 Å². The Balaban J connectivity index is 3.09. The first-order chi connectivity index (χ1) is 8.39. The summed E-state index contributed by atoms with van der Waals surface area (Å²) in [5.41, 5.74) is 0. The van der Waals surface area contributed by atoms with E-state index < -0.39 is 33.3 Å². The van der Waals surface area contributed by atoms with Crippen molar-refractivity contribution in [2.24, 2.45) is 0 Å². The van der Waals surface area contributed by atoms with Crippen LogP contribution in [0.3, 0.4) is 0 Å². The van der Waals surface area contributed by atoms with Gasteiger partial charge in [-0.1, -0.05) is 25.1 Å². The number of carbonyl (C=O) groups is 2. The molecular formula is C12H14O5S. The van der Waals surface area contributed by atoms with Gasteiger partial charge in [-0.05, 0) is 18.6 Å². The second kappa shape index (κ2) is 5.77. The van der Waals surface area contributed by atoms with Crippen molar-refractivity contribution in [1.29, 1.82) is 0 Å². The Bertz CT molecular complexity index is 533. The van der Waals surface area contributed by atoms with Crippen LogP contribution < -0.4 is 0 Å². The average molecular weight is 270 g/mol. The highest BCUT2D eigenvalue weighted by Crippen LogP contribution is 2.19. The molecule has 0 aliphatic carbocycles. The van der Waals surface area contributed by atoms with Crippen LogP contribution in [0.1, 0.15) is 19.8 Å². The molecule has 5 nitrogen and oxygen atoms in total. The Morgan fingerprint density at radius 3 is 2.22 bits per heavy atom. The molecular weight excluding hydrogens is 256 g/mol. The molecule has 1 unspecified atom stereocenters. The molecule has 0 saturated heterocycles. The van der Waals surface area contributed by atoms with Crippen molar-refractivity contribution in [2.45, 2.75) is 29.9 Å². The maximum atomic E-state index is 12.2. The van der Waals surface area contributed by atoms with E-state index in [-0.39, 0.29) is 11.3 Å². The van der Waals surface area contributed by atoms with Gasteiger partial charge in [0.1, 0.15) is 11.7 Å². The molecule has 0 amide bonds. The van der Waals surface area contributed by atoms with E-state index in [2.05, 4.69) is 0 Å². The maximum absolute atomic E-state index is 12.2. The highest BCUT2D eigenvalue weighted by atomic mass is 32.2. The number of carbonyl (C=O) groups excluding carboxylic acids is 1. The van der Waals surface area contributed by atoms with E-state index in [0.29, 0.717) is 0 Å². The minimum Gasteiger partial charge on any atom is -0.481 e. The Morgan fingerprint density at radius 2 is 1.78 bits per heavy atom. The third-order valence-electron chi connectivity index (χ3n) is 2.50. The van der Waals surface area contributed by atoms with E-state index in [4.69, 9.17) is 5.11 Å². The summed E-state index contributed by atoms with van der Waals surface area (Å²) in [6.07, 6.45) is -0.714. The predicted octanol–water partition coefficient (Wildman–Crippen LogP) is 1.28. The molecule has 6 heteroatoms. The number of Topliss-reactive ketones (excluding diaryl/α,β-unsaturated/α-hetero) is 1. The molecule has 1 N–H and O–H groups in total. The summed E-state index contributed by atoms with van der Waals surface area (Å²) in [7, 11) is -3.81. The van der Waals surface area contributed by atoms with Crippen molar-refractivity contribution < 1.29 is 23.1 Å². The van der Waals surface area contributed by atoms with Gasteiger partial charge in [0.2, 0.25) is 0 Å². The summed E-state index contributed by atoms with van der Waals surface area (Å²) >= 11 is 0. The normalized spacial score (nSPS) is 12.9. The zero-order valence-corrected chi connectivity index (χ0v) is 10.7. The van der Waals surface area contributed by atoms with Gasteiger partial charge in [0.15, 0.2) is 15.6 Å². The number of aliphatic carboxylic acids is 1. The molecule has 1 rings (SSSR count). The van der Waals surface area contributed by atoms with Gasteiger partial charge in [-0.3, -0.25) is 9.59 Å². The Hall–Kier alpha value is -1.69. The molecule has 0 heterocycles. The molecule has 0 bridgehead atoms. The standard InChI is InChI=1S/C12H14O5S/c1-2-11(10(13)8-12(14)15)18(16,17)9-6-4-3-5-7-9/h3-7,11H,2,8H2,1H3,(H,14,15). The fourth-order valence-corrected chi connectivity index (χ4v) is 3.39. The molecule has 1 atom stereocenters. The fourth-order valence-electron chi connectivity index (χ4n) is 1.66. The van der Waals surface area contributed by atoms with Gasteiger partial charge in [-0.2, -0.15) is 0 Å². The molecule has 18 heavy (non-hydrogen) atoms. The van der Waals surface area contributed by atoms with E-state index in [1.165, 1.54) is 12.1 Å². The van der Waals surface area contributed by atoms with Crippen molar-refractivity contribution in [2.75, 3.05) is 0 Å². The molecule has 98 valence electrons. The summed E-state index contributed by atoms with van der Waals surface area (Å²) in [5.74, 6) is -2.10. The summed E-state index contributed by atoms with van der Waals surface area (Å²) in [4.78, 5) is 22.2. The Labute approximate surface area is 105 Å². The topological polar surface area (TPSA) is 88.5 Å². The van der Waals surface area contributed by atoms with E-state index in [1.807, 2.05) is 0 Å². The summed E-state index contributed by atoms with van der Waals surface area (Å²) in [6, 6.07) is 7.57. The monoisotopic (exact) mass is 270 g/mol. The van der Waals surface area contributed by atoms with Crippen LogP contribution >= 0.6 is 0 Å². The second-order valence-electron chi connectivity index (χ2n) is 3.79. The van der Waals surface area contributed by atoms with E-state index in [1.54, 1.807) is 25.1 Å². The fraction of sp³-hybridized carbons (Fsp3) is 0.333. The molecule has 0 radical (unpaired) electrons. The van der Waals surface area contributed by atoms with Gasteiger partial charge in [-0.25, -0.2) is 8.42 Å².